The smallest absolute Gasteiger partial charge is 0.453 e. The number of nitrogens with one attached hydrogen (secondary N) is 1. The summed E-state index contributed by atoms with van der Waals surface area (Å²) in [5, 5.41) is 6.32. The van der Waals surface area contributed by atoms with Crippen molar-refractivity contribution in [1.82, 2.24) is 15.4 Å². The molecule has 10 heteroatoms. The van der Waals surface area contributed by atoms with Gasteiger partial charge in [0.1, 0.15) is 16.8 Å². The number of amides is 3. The van der Waals surface area contributed by atoms with Crippen LogP contribution in [0.3, 0.4) is 0 Å². The number of hydrogen-bond donors (Lipinski definition) is 1. The molecular weight excluding hydrogens is 463 g/mol. The van der Waals surface area contributed by atoms with Gasteiger partial charge in [0.2, 0.25) is 5.76 Å². The van der Waals surface area contributed by atoms with Gasteiger partial charge in [-0.15, -0.1) is 0 Å². The average molecular weight is 489 g/mol. The standard InChI is InChI=1S/C25H26F3N3O4/c1-4-8-17-19(12-11-18-20(17)30-35-21(18)25(26,27)28)34-15(2)13-14-31-22(32)24(3,29-23(31)33)16-9-6-5-7-10-16/h5-7,9-12,15H,4,8,13-14H2,1-3H3,(H,29,33). The fraction of sp³-hybridized carbons (Fsp3) is 0.400. The van der Waals surface area contributed by atoms with E-state index in [1.807, 2.05) is 13.0 Å². The number of hydrogen-bond acceptors (Lipinski definition) is 5. The van der Waals surface area contributed by atoms with Gasteiger partial charge in [0.05, 0.1) is 11.5 Å². The van der Waals surface area contributed by atoms with Crippen molar-refractivity contribution in [3.63, 3.8) is 0 Å². The van der Waals surface area contributed by atoms with E-state index < -0.39 is 29.6 Å². The summed E-state index contributed by atoms with van der Waals surface area (Å²) in [4.78, 5) is 26.8. The number of alkyl halides is 3. The average Bonchev–Trinajstić information content (AvgIpc) is 3.34. The minimum absolute atomic E-state index is 0.111. The van der Waals surface area contributed by atoms with E-state index in [1.54, 1.807) is 38.1 Å². The zero-order valence-corrected chi connectivity index (χ0v) is 19.6. The van der Waals surface area contributed by atoms with Gasteiger partial charge in [0.25, 0.3) is 5.91 Å². The number of fused-ring (bicyclic) bond motifs is 1. The number of aromatic nitrogens is 1. The molecule has 3 amide bonds. The lowest BCUT2D eigenvalue weighted by Gasteiger charge is -2.23. The van der Waals surface area contributed by atoms with Crippen LogP contribution in [0, 0.1) is 0 Å². The molecule has 3 aromatic rings. The number of nitrogens with zero attached hydrogens (tertiary/aromatic N) is 2. The van der Waals surface area contributed by atoms with E-state index in [0.717, 1.165) is 4.90 Å². The van der Waals surface area contributed by atoms with Gasteiger partial charge in [-0.3, -0.25) is 9.69 Å². The number of ether oxygens (including phenoxy) is 1. The van der Waals surface area contributed by atoms with Crippen LogP contribution in [0.25, 0.3) is 10.9 Å². The molecule has 0 bridgehead atoms. The molecule has 1 aliphatic heterocycles. The first-order chi connectivity index (χ1) is 16.6. The number of halogens is 3. The lowest BCUT2D eigenvalue weighted by molar-refractivity contribution is -0.154. The zero-order chi connectivity index (χ0) is 25.4. The highest BCUT2D eigenvalue weighted by atomic mass is 19.4. The van der Waals surface area contributed by atoms with E-state index in [-0.39, 0.29) is 23.4 Å². The quantitative estimate of drug-likeness (QED) is 0.427. The Balaban J connectivity index is 1.48. The summed E-state index contributed by atoms with van der Waals surface area (Å²) in [6.07, 6.45) is -3.63. The third kappa shape index (κ3) is 4.56. The Morgan fingerprint density at radius 2 is 1.89 bits per heavy atom. The van der Waals surface area contributed by atoms with Crippen molar-refractivity contribution in [2.24, 2.45) is 0 Å². The molecule has 0 aliphatic carbocycles. The number of urea groups is 1. The van der Waals surface area contributed by atoms with Crippen molar-refractivity contribution < 1.29 is 32.0 Å². The van der Waals surface area contributed by atoms with Crippen LogP contribution in [-0.4, -0.2) is 34.6 Å². The number of imide groups is 1. The largest absolute Gasteiger partial charge is 0.490 e. The van der Waals surface area contributed by atoms with Crippen LogP contribution in [0.2, 0.25) is 0 Å². The van der Waals surface area contributed by atoms with Crippen LogP contribution in [-0.2, 0) is 22.9 Å². The van der Waals surface area contributed by atoms with Gasteiger partial charge in [-0.2, -0.15) is 13.2 Å². The number of rotatable bonds is 8. The molecule has 35 heavy (non-hydrogen) atoms. The number of aryl methyl sites for hydroxylation is 1. The molecule has 2 unspecified atom stereocenters. The molecule has 1 aliphatic rings. The summed E-state index contributed by atoms with van der Waals surface area (Å²) in [6, 6.07) is 11.3. The minimum Gasteiger partial charge on any atom is -0.490 e. The first-order valence-corrected chi connectivity index (χ1v) is 11.4. The fourth-order valence-electron chi connectivity index (χ4n) is 4.31. The lowest BCUT2D eigenvalue weighted by Crippen LogP contribution is -2.41. The van der Waals surface area contributed by atoms with Crippen LogP contribution < -0.4 is 10.1 Å². The highest BCUT2D eigenvalue weighted by molar-refractivity contribution is 6.07. The monoisotopic (exact) mass is 489 g/mol. The van der Waals surface area contributed by atoms with Gasteiger partial charge < -0.3 is 14.6 Å². The molecule has 2 atom stereocenters. The number of benzene rings is 2. The summed E-state index contributed by atoms with van der Waals surface area (Å²) in [6.45, 7) is 5.47. The van der Waals surface area contributed by atoms with Gasteiger partial charge >= 0.3 is 12.2 Å². The Hall–Kier alpha value is -3.56. The molecule has 0 spiro atoms. The van der Waals surface area contributed by atoms with Gasteiger partial charge in [-0.05, 0) is 38.0 Å². The Bertz CT molecular complexity index is 1240. The van der Waals surface area contributed by atoms with Crippen molar-refractivity contribution in [1.29, 1.82) is 0 Å². The van der Waals surface area contributed by atoms with E-state index in [9.17, 15) is 22.8 Å². The maximum absolute atomic E-state index is 13.2. The van der Waals surface area contributed by atoms with Crippen molar-refractivity contribution in [2.45, 2.75) is 57.9 Å². The molecule has 1 aromatic heterocycles. The Morgan fingerprint density at radius 3 is 2.54 bits per heavy atom. The topological polar surface area (TPSA) is 84.7 Å². The van der Waals surface area contributed by atoms with E-state index in [1.165, 1.54) is 12.1 Å². The summed E-state index contributed by atoms with van der Waals surface area (Å²) >= 11 is 0. The second-order valence-electron chi connectivity index (χ2n) is 8.79. The minimum atomic E-state index is -4.65. The van der Waals surface area contributed by atoms with E-state index in [0.29, 0.717) is 36.1 Å². The normalized spacial score (nSPS) is 19.3. The molecule has 1 fully saturated rings. The van der Waals surface area contributed by atoms with Crippen molar-refractivity contribution in [2.75, 3.05) is 6.54 Å². The third-order valence-corrected chi connectivity index (χ3v) is 6.18. The Labute approximate surface area is 200 Å². The molecule has 0 saturated carbocycles. The second-order valence-corrected chi connectivity index (χ2v) is 8.79. The second kappa shape index (κ2) is 9.24. The maximum Gasteiger partial charge on any atom is 0.453 e. The summed E-state index contributed by atoms with van der Waals surface area (Å²) in [5.41, 5.74) is 0.193. The first-order valence-electron chi connectivity index (χ1n) is 11.4. The first kappa shape index (κ1) is 24.6. The molecule has 0 radical (unpaired) electrons. The summed E-state index contributed by atoms with van der Waals surface area (Å²) in [5.74, 6) is -1.08. The number of carbonyl (C=O) groups excluding carboxylic acids is 2. The maximum atomic E-state index is 13.2. The van der Waals surface area contributed by atoms with E-state index in [2.05, 4.69) is 15.0 Å². The van der Waals surface area contributed by atoms with Crippen molar-refractivity contribution in [3.05, 3.63) is 59.4 Å². The molecule has 4 rings (SSSR count). The molecule has 2 heterocycles. The molecule has 2 aromatic carbocycles. The fourth-order valence-corrected chi connectivity index (χ4v) is 4.31. The van der Waals surface area contributed by atoms with Crippen LogP contribution in [0.4, 0.5) is 18.0 Å². The molecular formula is C25H26F3N3O4. The van der Waals surface area contributed by atoms with Crippen LogP contribution >= 0.6 is 0 Å². The van der Waals surface area contributed by atoms with E-state index in [4.69, 9.17) is 4.74 Å². The number of carbonyl (C=O) groups is 2. The van der Waals surface area contributed by atoms with E-state index >= 15 is 0 Å². The highest BCUT2D eigenvalue weighted by Crippen LogP contribution is 2.38. The predicted octanol–water partition coefficient (Wildman–Crippen LogP) is 5.42. The lowest BCUT2D eigenvalue weighted by atomic mass is 9.92. The molecule has 186 valence electrons. The van der Waals surface area contributed by atoms with Crippen LogP contribution in [0.15, 0.2) is 47.0 Å². The SMILES string of the molecule is CCCc1c(OC(C)CCN2C(=O)NC(C)(c3ccccc3)C2=O)ccc2c(C(F)(F)F)onc12. The van der Waals surface area contributed by atoms with Gasteiger partial charge in [-0.25, -0.2) is 4.79 Å². The third-order valence-electron chi connectivity index (χ3n) is 6.18. The van der Waals surface area contributed by atoms with Gasteiger partial charge in [0, 0.05) is 18.5 Å². The molecule has 1 N–H and O–H groups in total. The highest BCUT2D eigenvalue weighted by Gasteiger charge is 2.48. The predicted molar refractivity (Wildman–Crippen MR) is 122 cm³/mol. The zero-order valence-electron chi connectivity index (χ0n) is 19.6. The van der Waals surface area contributed by atoms with Crippen molar-refractivity contribution >= 4 is 22.8 Å². The van der Waals surface area contributed by atoms with Crippen LogP contribution in [0.1, 0.15) is 50.5 Å². The Morgan fingerprint density at radius 1 is 1.17 bits per heavy atom. The molecule has 7 nitrogen and oxygen atoms in total. The van der Waals surface area contributed by atoms with Gasteiger partial charge in [0.15, 0.2) is 0 Å². The summed E-state index contributed by atoms with van der Waals surface area (Å²) < 4.78 is 50.3. The van der Waals surface area contributed by atoms with Gasteiger partial charge in [-0.1, -0.05) is 48.8 Å². The Kier molecular flexibility index (Phi) is 6.48. The van der Waals surface area contributed by atoms with Crippen molar-refractivity contribution in [3.8, 4) is 5.75 Å². The summed E-state index contributed by atoms with van der Waals surface area (Å²) in [7, 11) is 0. The van der Waals surface area contributed by atoms with Crippen LogP contribution in [0.5, 0.6) is 5.75 Å². The molecule has 1 saturated heterocycles.